The standard InChI is InChI=1S/C38H62O14/c1-17(15-39)7-12-38(47)18(2)26-24(52-38)14-23-21-6-5-19-13-20(8-10-36(19,3)22(21)9-11-37(23,26)4)48-35-32(29(43)27(41)25(16-40)49-35)50-34-31(45)28(42)30(44)33(46)51-34/h5,17-18,20-35,39-47H,6-16H2,1-4H3/t17-,18+,20?,21-,22+,23+,24?,25?,26?,27-,28?,29?,30-,31?,32?,33?,34-,35-,36+,37+,38?/m1/s1. The lowest BCUT2D eigenvalue weighted by Crippen LogP contribution is -2.64. The van der Waals surface area contributed by atoms with Crippen LogP contribution >= 0.6 is 0 Å². The first-order valence-corrected chi connectivity index (χ1v) is 19.6. The molecule has 3 aliphatic heterocycles. The van der Waals surface area contributed by atoms with Gasteiger partial charge in [0, 0.05) is 18.9 Å². The Hall–Kier alpha value is -0.820. The maximum absolute atomic E-state index is 11.7. The van der Waals surface area contributed by atoms with Gasteiger partial charge in [-0.3, -0.25) is 0 Å². The summed E-state index contributed by atoms with van der Waals surface area (Å²) in [4.78, 5) is 0. The Morgan fingerprint density at radius 2 is 1.63 bits per heavy atom. The zero-order valence-electron chi connectivity index (χ0n) is 30.8. The second-order valence-electron chi connectivity index (χ2n) is 17.9. The molecule has 0 spiro atoms. The predicted molar refractivity (Wildman–Crippen MR) is 181 cm³/mol. The van der Waals surface area contributed by atoms with Gasteiger partial charge in [-0.2, -0.15) is 0 Å². The van der Waals surface area contributed by atoms with E-state index in [1.807, 2.05) is 6.92 Å². The van der Waals surface area contributed by atoms with Gasteiger partial charge in [-0.05, 0) is 91.8 Å². The summed E-state index contributed by atoms with van der Waals surface area (Å²) in [5.74, 6) is 0.745. The molecule has 0 aromatic rings. The van der Waals surface area contributed by atoms with Gasteiger partial charge in [-0.15, -0.1) is 0 Å². The van der Waals surface area contributed by atoms with Crippen molar-refractivity contribution in [2.24, 2.45) is 46.3 Å². The van der Waals surface area contributed by atoms with Crippen molar-refractivity contribution in [3.05, 3.63) is 11.6 Å². The van der Waals surface area contributed by atoms with Gasteiger partial charge in [-0.25, -0.2) is 0 Å². The van der Waals surface area contributed by atoms with Crippen LogP contribution in [0.25, 0.3) is 0 Å². The molecule has 14 heteroatoms. The first-order valence-electron chi connectivity index (χ1n) is 19.6. The Labute approximate surface area is 305 Å². The van der Waals surface area contributed by atoms with Gasteiger partial charge in [0.2, 0.25) is 0 Å². The van der Waals surface area contributed by atoms with Crippen LogP contribution in [-0.4, -0.2) is 139 Å². The normalized spacial score (nSPS) is 55.2. The molecule has 0 radical (unpaired) electrons. The Morgan fingerprint density at radius 3 is 2.35 bits per heavy atom. The van der Waals surface area contributed by atoms with Crippen LogP contribution in [0.3, 0.4) is 0 Å². The number of rotatable bonds is 9. The smallest absolute Gasteiger partial charge is 0.189 e. The number of hydrogen-bond donors (Lipinski definition) is 9. The maximum Gasteiger partial charge on any atom is 0.189 e. The van der Waals surface area contributed by atoms with Crippen LogP contribution < -0.4 is 0 Å². The van der Waals surface area contributed by atoms with Crippen LogP contribution in [0, 0.1) is 46.3 Å². The lowest BCUT2D eigenvalue weighted by Gasteiger charge is -2.58. The molecule has 14 nitrogen and oxygen atoms in total. The molecule has 7 rings (SSSR count). The summed E-state index contributed by atoms with van der Waals surface area (Å²) < 4.78 is 29.9. The fraction of sp³-hybridized carbons (Fsp3) is 0.947. The van der Waals surface area contributed by atoms with Gasteiger partial charge in [0.15, 0.2) is 24.7 Å². The molecule has 3 saturated heterocycles. The lowest BCUT2D eigenvalue weighted by atomic mass is 9.47. The van der Waals surface area contributed by atoms with Crippen molar-refractivity contribution in [2.45, 2.75) is 165 Å². The second kappa shape index (κ2) is 14.6. The zero-order chi connectivity index (χ0) is 37.5. The third-order valence-electron chi connectivity index (χ3n) is 15.0. The predicted octanol–water partition coefficient (Wildman–Crippen LogP) is 0.274. The van der Waals surface area contributed by atoms with E-state index in [2.05, 4.69) is 26.8 Å². The van der Waals surface area contributed by atoms with E-state index in [9.17, 15) is 46.0 Å². The van der Waals surface area contributed by atoms with E-state index in [0.717, 1.165) is 38.5 Å². The molecule has 52 heavy (non-hydrogen) atoms. The summed E-state index contributed by atoms with van der Waals surface area (Å²) >= 11 is 0. The highest BCUT2D eigenvalue weighted by Gasteiger charge is 2.68. The van der Waals surface area contributed by atoms with E-state index in [1.54, 1.807) is 0 Å². The van der Waals surface area contributed by atoms with Crippen molar-refractivity contribution >= 4 is 0 Å². The molecule has 3 saturated carbocycles. The molecule has 0 bridgehead atoms. The molecule has 21 atom stereocenters. The van der Waals surface area contributed by atoms with Gasteiger partial charge in [0.1, 0.15) is 42.7 Å². The molecule has 6 fully saturated rings. The zero-order valence-corrected chi connectivity index (χ0v) is 30.8. The van der Waals surface area contributed by atoms with Crippen molar-refractivity contribution in [3.8, 4) is 0 Å². The van der Waals surface area contributed by atoms with Crippen molar-refractivity contribution in [1.29, 1.82) is 0 Å². The molecule has 3 heterocycles. The summed E-state index contributed by atoms with van der Waals surface area (Å²) in [6.45, 7) is 8.47. The minimum absolute atomic E-state index is 0.0161. The van der Waals surface area contributed by atoms with Crippen LogP contribution in [-0.2, 0) is 23.7 Å². The van der Waals surface area contributed by atoms with Gasteiger partial charge < -0.3 is 69.6 Å². The molecule has 9 N–H and O–H groups in total. The highest BCUT2D eigenvalue weighted by atomic mass is 16.8. The van der Waals surface area contributed by atoms with E-state index >= 15 is 0 Å². The van der Waals surface area contributed by atoms with E-state index in [-0.39, 0.29) is 47.4 Å². The van der Waals surface area contributed by atoms with E-state index in [1.165, 1.54) is 5.57 Å². The van der Waals surface area contributed by atoms with Crippen LogP contribution in [0.1, 0.15) is 85.5 Å². The van der Waals surface area contributed by atoms with Gasteiger partial charge >= 0.3 is 0 Å². The monoisotopic (exact) mass is 742 g/mol. The topological polar surface area (TPSA) is 228 Å². The number of hydrogen-bond acceptors (Lipinski definition) is 14. The highest BCUT2D eigenvalue weighted by molar-refractivity contribution is 5.26. The molecule has 0 aromatic heterocycles. The summed E-state index contributed by atoms with van der Waals surface area (Å²) in [7, 11) is 0. The molecule has 10 unspecified atom stereocenters. The molecule has 0 aromatic carbocycles. The molecular formula is C38H62O14. The highest BCUT2D eigenvalue weighted by Crippen LogP contribution is 2.70. The van der Waals surface area contributed by atoms with Gasteiger partial charge in [0.05, 0.1) is 18.8 Å². The Bertz CT molecular complexity index is 1300. The lowest BCUT2D eigenvalue weighted by molar-refractivity contribution is -0.388. The first-order chi connectivity index (χ1) is 24.6. The Morgan fingerprint density at radius 1 is 0.885 bits per heavy atom. The number of aliphatic hydroxyl groups is 9. The van der Waals surface area contributed by atoms with E-state index in [0.29, 0.717) is 37.0 Å². The first kappa shape index (κ1) is 39.4. The number of aliphatic hydroxyl groups excluding tert-OH is 8. The molecule has 4 aliphatic carbocycles. The molecule has 298 valence electrons. The Kier molecular flexibility index (Phi) is 11.1. The van der Waals surface area contributed by atoms with Crippen LogP contribution in [0.4, 0.5) is 0 Å². The van der Waals surface area contributed by atoms with Gasteiger partial charge in [0.25, 0.3) is 0 Å². The summed E-state index contributed by atoms with van der Waals surface area (Å²) in [6.07, 6.45) is -6.44. The minimum atomic E-state index is -1.87. The molecule has 0 amide bonds. The van der Waals surface area contributed by atoms with Crippen LogP contribution in [0.15, 0.2) is 11.6 Å². The van der Waals surface area contributed by atoms with E-state index in [4.69, 9.17) is 23.7 Å². The maximum atomic E-state index is 11.7. The van der Waals surface area contributed by atoms with Gasteiger partial charge in [-0.1, -0.05) is 39.3 Å². The quantitative estimate of drug-likeness (QED) is 0.145. The number of ether oxygens (including phenoxy) is 5. The van der Waals surface area contributed by atoms with Crippen molar-refractivity contribution in [3.63, 3.8) is 0 Å². The van der Waals surface area contributed by atoms with Crippen LogP contribution in [0.5, 0.6) is 0 Å². The fourth-order valence-corrected chi connectivity index (χ4v) is 11.9. The summed E-state index contributed by atoms with van der Waals surface area (Å²) in [6, 6.07) is 0. The third-order valence-corrected chi connectivity index (χ3v) is 15.0. The second-order valence-corrected chi connectivity index (χ2v) is 17.9. The average Bonchev–Trinajstić information content (AvgIpc) is 3.56. The van der Waals surface area contributed by atoms with Crippen LogP contribution in [0.2, 0.25) is 0 Å². The number of fused-ring (bicyclic) bond motifs is 7. The average molecular weight is 743 g/mol. The van der Waals surface area contributed by atoms with E-state index < -0.39 is 74.0 Å². The Balaban J connectivity index is 1.04. The fourth-order valence-electron chi connectivity index (χ4n) is 11.9. The summed E-state index contributed by atoms with van der Waals surface area (Å²) in [5, 5.41) is 93.4. The largest absolute Gasteiger partial charge is 0.396 e. The number of allylic oxidation sites excluding steroid dienone is 1. The minimum Gasteiger partial charge on any atom is -0.396 e. The van der Waals surface area contributed by atoms with Crippen molar-refractivity contribution < 1.29 is 69.6 Å². The van der Waals surface area contributed by atoms with Crippen molar-refractivity contribution in [1.82, 2.24) is 0 Å². The molecular weight excluding hydrogens is 680 g/mol. The summed E-state index contributed by atoms with van der Waals surface area (Å²) in [5.41, 5.74) is 1.36. The van der Waals surface area contributed by atoms with Crippen molar-refractivity contribution in [2.75, 3.05) is 13.2 Å². The third kappa shape index (κ3) is 6.44. The molecule has 7 aliphatic rings. The SMILES string of the molecule is C[C@@H](CO)CCC1(O)OC2C[C@H]3[C@@H]4CC=C5CC(O[C@@H]6OC(CO)[C@@H](O)C(O)C6O[C@@H]6OC(O)[C@H](O)C(O)C6O)CC[C@]5(C)[C@H]4CC[C@]3(C)C2[C@@H]1C.